The minimum absolute atomic E-state index is 0.559. The molecule has 0 amide bonds. The molecule has 0 aliphatic heterocycles. The maximum absolute atomic E-state index is 5.11. The zero-order chi connectivity index (χ0) is 11.7. The molecular formula is C12H28N2O. The summed E-state index contributed by atoms with van der Waals surface area (Å²) in [5.74, 6) is 0.592. The third kappa shape index (κ3) is 7.77. The van der Waals surface area contributed by atoms with Crippen LogP contribution in [0, 0.1) is 5.92 Å². The van der Waals surface area contributed by atoms with Crippen molar-refractivity contribution in [3.63, 3.8) is 0 Å². The fourth-order valence-corrected chi connectivity index (χ4v) is 1.68. The molecule has 0 spiro atoms. The van der Waals surface area contributed by atoms with Gasteiger partial charge >= 0.3 is 0 Å². The Balaban J connectivity index is 3.59. The summed E-state index contributed by atoms with van der Waals surface area (Å²) >= 11 is 0. The minimum atomic E-state index is 0.559. The van der Waals surface area contributed by atoms with E-state index in [1.807, 2.05) is 0 Å². The first-order valence-electron chi connectivity index (χ1n) is 6.08. The van der Waals surface area contributed by atoms with Gasteiger partial charge in [0.2, 0.25) is 0 Å². The van der Waals surface area contributed by atoms with Gasteiger partial charge in [0, 0.05) is 32.8 Å². The van der Waals surface area contributed by atoms with Crippen LogP contribution in [0.15, 0.2) is 0 Å². The van der Waals surface area contributed by atoms with E-state index in [0.717, 1.165) is 32.8 Å². The number of rotatable bonds is 9. The van der Waals surface area contributed by atoms with Gasteiger partial charge in [0.05, 0.1) is 0 Å². The van der Waals surface area contributed by atoms with Gasteiger partial charge in [-0.2, -0.15) is 0 Å². The van der Waals surface area contributed by atoms with Crippen molar-refractivity contribution in [2.75, 3.05) is 39.9 Å². The first-order valence-corrected chi connectivity index (χ1v) is 6.08. The molecule has 3 heteroatoms. The van der Waals surface area contributed by atoms with Crippen LogP contribution in [0.4, 0.5) is 0 Å². The molecule has 0 rings (SSSR count). The molecule has 0 aromatic rings. The molecule has 0 saturated carbocycles. The lowest BCUT2D eigenvalue weighted by atomic mass is 10.2. The van der Waals surface area contributed by atoms with Crippen LogP contribution in [0.2, 0.25) is 0 Å². The first-order chi connectivity index (χ1) is 7.13. The predicted octanol–water partition coefficient (Wildman–Crippen LogP) is 1.59. The number of nitrogens with one attached hydrogen (secondary N) is 1. The molecule has 0 fully saturated rings. The van der Waals surface area contributed by atoms with Gasteiger partial charge in [-0.3, -0.25) is 0 Å². The largest absolute Gasteiger partial charge is 0.384 e. The van der Waals surface area contributed by atoms with Crippen molar-refractivity contribution >= 4 is 0 Å². The van der Waals surface area contributed by atoms with Gasteiger partial charge in [0.15, 0.2) is 0 Å². The second kappa shape index (κ2) is 9.13. The number of ether oxygens (including phenoxy) is 1. The summed E-state index contributed by atoms with van der Waals surface area (Å²) in [5, 5.41) is 3.54. The zero-order valence-corrected chi connectivity index (χ0v) is 11.0. The van der Waals surface area contributed by atoms with Gasteiger partial charge in [-0.1, -0.05) is 20.8 Å². The Hall–Kier alpha value is -0.120. The molecular weight excluding hydrogens is 188 g/mol. The normalized spacial score (nSPS) is 15.6. The Labute approximate surface area is 95.2 Å². The number of likely N-dealkylation sites (N-methyl/N-ethyl adjacent to an activating group) is 1. The summed E-state index contributed by atoms with van der Waals surface area (Å²) in [7, 11) is 1.76. The fourth-order valence-electron chi connectivity index (χ4n) is 1.68. The van der Waals surface area contributed by atoms with Crippen LogP contribution in [0.25, 0.3) is 0 Å². The van der Waals surface area contributed by atoms with E-state index in [9.17, 15) is 0 Å². The Morgan fingerprint density at radius 1 is 1.20 bits per heavy atom. The fraction of sp³-hybridized carbons (Fsp3) is 1.00. The molecule has 0 aromatic carbocycles. The third-order valence-corrected chi connectivity index (χ3v) is 2.69. The SMILES string of the molecule is CCN(CC)CC(C)NCC(C)COC. The van der Waals surface area contributed by atoms with Crippen molar-refractivity contribution in [3.8, 4) is 0 Å². The highest BCUT2D eigenvalue weighted by Crippen LogP contribution is 1.96. The standard InChI is InChI=1S/C12H28N2O/c1-6-14(7-2)9-12(4)13-8-11(3)10-15-5/h11-13H,6-10H2,1-5H3. The molecule has 0 aromatic heterocycles. The Kier molecular flexibility index (Phi) is 9.06. The van der Waals surface area contributed by atoms with Crippen molar-refractivity contribution in [1.82, 2.24) is 10.2 Å². The van der Waals surface area contributed by atoms with Gasteiger partial charge in [0.1, 0.15) is 0 Å². The van der Waals surface area contributed by atoms with Crippen LogP contribution in [-0.2, 0) is 4.74 Å². The Bertz CT molecular complexity index is 138. The predicted molar refractivity (Wildman–Crippen MR) is 66.3 cm³/mol. The summed E-state index contributed by atoms with van der Waals surface area (Å²) in [4.78, 5) is 2.44. The van der Waals surface area contributed by atoms with Crippen LogP contribution in [0.3, 0.4) is 0 Å². The lowest BCUT2D eigenvalue weighted by Gasteiger charge is -2.24. The van der Waals surface area contributed by atoms with E-state index in [1.165, 1.54) is 0 Å². The second-order valence-corrected chi connectivity index (χ2v) is 4.36. The summed E-state index contributed by atoms with van der Waals surface area (Å²) in [6, 6.07) is 0.559. The van der Waals surface area contributed by atoms with Crippen LogP contribution < -0.4 is 5.32 Å². The Morgan fingerprint density at radius 3 is 2.27 bits per heavy atom. The van der Waals surface area contributed by atoms with Crippen LogP contribution in [0.1, 0.15) is 27.7 Å². The summed E-state index contributed by atoms with van der Waals surface area (Å²) in [5.41, 5.74) is 0. The number of nitrogens with zero attached hydrogens (tertiary/aromatic N) is 1. The maximum Gasteiger partial charge on any atom is 0.0499 e. The first kappa shape index (κ1) is 14.9. The van der Waals surface area contributed by atoms with E-state index in [1.54, 1.807) is 7.11 Å². The van der Waals surface area contributed by atoms with Crippen molar-refractivity contribution < 1.29 is 4.74 Å². The van der Waals surface area contributed by atoms with E-state index in [2.05, 4.69) is 37.9 Å². The highest BCUT2D eigenvalue weighted by molar-refractivity contribution is 4.67. The number of hydrogen-bond donors (Lipinski definition) is 1. The van der Waals surface area contributed by atoms with Crippen LogP contribution >= 0.6 is 0 Å². The average molecular weight is 216 g/mol. The van der Waals surface area contributed by atoms with Crippen molar-refractivity contribution in [2.24, 2.45) is 5.92 Å². The smallest absolute Gasteiger partial charge is 0.0499 e. The topological polar surface area (TPSA) is 24.5 Å². The number of hydrogen-bond acceptors (Lipinski definition) is 3. The third-order valence-electron chi connectivity index (χ3n) is 2.69. The highest BCUT2D eigenvalue weighted by Gasteiger charge is 2.08. The van der Waals surface area contributed by atoms with Crippen molar-refractivity contribution in [1.29, 1.82) is 0 Å². The molecule has 0 radical (unpaired) electrons. The summed E-state index contributed by atoms with van der Waals surface area (Å²) in [6.07, 6.45) is 0. The molecule has 0 bridgehead atoms. The van der Waals surface area contributed by atoms with Crippen LogP contribution in [-0.4, -0.2) is 50.8 Å². The summed E-state index contributed by atoms with van der Waals surface area (Å²) in [6.45, 7) is 14.2. The van der Waals surface area contributed by atoms with Gasteiger partial charge in [-0.05, 0) is 25.9 Å². The highest BCUT2D eigenvalue weighted by atomic mass is 16.5. The van der Waals surface area contributed by atoms with Gasteiger partial charge in [-0.15, -0.1) is 0 Å². The molecule has 92 valence electrons. The van der Waals surface area contributed by atoms with Gasteiger partial charge in [-0.25, -0.2) is 0 Å². The quantitative estimate of drug-likeness (QED) is 0.633. The molecule has 0 saturated heterocycles. The van der Waals surface area contributed by atoms with Crippen molar-refractivity contribution in [3.05, 3.63) is 0 Å². The molecule has 2 atom stereocenters. The van der Waals surface area contributed by atoms with E-state index >= 15 is 0 Å². The number of methoxy groups -OCH3 is 1. The lowest BCUT2D eigenvalue weighted by molar-refractivity contribution is 0.155. The minimum Gasteiger partial charge on any atom is -0.384 e. The molecule has 0 aliphatic rings. The van der Waals surface area contributed by atoms with Crippen molar-refractivity contribution in [2.45, 2.75) is 33.7 Å². The molecule has 0 heterocycles. The van der Waals surface area contributed by atoms with E-state index in [-0.39, 0.29) is 0 Å². The Morgan fingerprint density at radius 2 is 1.80 bits per heavy atom. The molecule has 3 nitrogen and oxygen atoms in total. The maximum atomic E-state index is 5.11. The lowest BCUT2D eigenvalue weighted by Crippen LogP contribution is -2.41. The molecule has 0 aliphatic carbocycles. The molecule has 1 N–H and O–H groups in total. The van der Waals surface area contributed by atoms with E-state index in [4.69, 9.17) is 4.74 Å². The monoisotopic (exact) mass is 216 g/mol. The van der Waals surface area contributed by atoms with Gasteiger partial charge < -0.3 is 15.0 Å². The van der Waals surface area contributed by atoms with Crippen LogP contribution in [0.5, 0.6) is 0 Å². The van der Waals surface area contributed by atoms with Gasteiger partial charge in [0.25, 0.3) is 0 Å². The second-order valence-electron chi connectivity index (χ2n) is 4.36. The zero-order valence-electron chi connectivity index (χ0n) is 11.0. The van der Waals surface area contributed by atoms with E-state index in [0.29, 0.717) is 12.0 Å². The molecule has 2 unspecified atom stereocenters. The van der Waals surface area contributed by atoms with E-state index < -0.39 is 0 Å². The summed E-state index contributed by atoms with van der Waals surface area (Å²) < 4.78 is 5.11. The average Bonchev–Trinajstić information content (AvgIpc) is 2.23. The molecule has 15 heavy (non-hydrogen) atoms.